The molecule has 4 N–H and O–H groups in total. The number of hydrogen-bond donors (Lipinski definition) is 3. The van der Waals surface area contributed by atoms with E-state index in [4.69, 9.17) is 15.2 Å². The van der Waals surface area contributed by atoms with Crippen LogP contribution in [0.3, 0.4) is 0 Å². The van der Waals surface area contributed by atoms with Crippen molar-refractivity contribution in [3.05, 3.63) is 29.2 Å². The number of ether oxygens (including phenoxy) is 2. The second-order valence-electron chi connectivity index (χ2n) is 8.43. The molecular weight excluding hydrogens is 502 g/mol. The Morgan fingerprint density at radius 3 is 2.49 bits per heavy atom. The number of likely N-dealkylation sites (N-methyl/N-ethyl adjacent to an activating group) is 1. The lowest BCUT2D eigenvalue weighted by Gasteiger charge is -2.33. The topological polar surface area (TPSA) is 164 Å². The summed E-state index contributed by atoms with van der Waals surface area (Å²) in [6.45, 7) is 9.23. The number of aromatic nitrogens is 3. The molecular formula is C23H36N7O6S+. The molecule has 0 aliphatic carbocycles. The lowest BCUT2D eigenvalue weighted by Crippen LogP contribution is -2.48. The molecule has 0 aromatic carbocycles. The molecule has 0 atom stereocenters. The van der Waals surface area contributed by atoms with Crippen LogP contribution < -0.4 is 20.5 Å². The normalized spacial score (nSPS) is 15.0. The summed E-state index contributed by atoms with van der Waals surface area (Å²) in [6, 6.07) is 1.26. The zero-order valence-electron chi connectivity index (χ0n) is 21.7. The molecule has 0 bridgehead atoms. The van der Waals surface area contributed by atoms with Gasteiger partial charge in [-0.3, -0.25) is 9.59 Å². The van der Waals surface area contributed by atoms with E-state index in [0.29, 0.717) is 51.4 Å². The number of rotatable bonds is 12. The first-order valence-electron chi connectivity index (χ1n) is 12.3. The van der Waals surface area contributed by atoms with Crippen molar-refractivity contribution >= 4 is 27.5 Å². The molecule has 14 heteroatoms. The molecule has 3 rings (SSSR count). The predicted molar refractivity (Wildman–Crippen MR) is 135 cm³/mol. The molecule has 2 aromatic rings. The lowest BCUT2D eigenvalue weighted by molar-refractivity contribution is -0.752. The van der Waals surface area contributed by atoms with Gasteiger partial charge in [0.05, 0.1) is 12.8 Å². The molecule has 1 aliphatic rings. The van der Waals surface area contributed by atoms with Crippen LogP contribution >= 0.6 is 0 Å². The Labute approximate surface area is 217 Å². The van der Waals surface area contributed by atoms with E-state index < -0.39 is 21.8 Å². The molecule has 2 amide bonds. The Bertz CT molecular complexity index is 1220. The number of H-pyrrole nitrogens is 1. The highest BCUT2D eigenvalue weighted by atomic mass is 32.2. The summed E-state index contributed by atoms with van der Waals surface area (Å²) in [7, 11) is -2.35. The third-order valence-electron chi connectivity index (χ3n) is 6.19. The standard InChI is InChI=1S/C23H35N7O6S/c1-5-18-19(20(21(24)31)30(27-18)12-13-35-4)26-22(32)17-14-16(15-25-23(17)36-7-3)37(33,34)29-10-8-28(6-2)9-11-29/h14-15H,5-13H2,1-4H3,(H3,24,26,31,32)/p+1. The molecule has 37 heavy (non-hydrogen) atoms. The van der Waals surface area contributed by atoms with E-state index >= 15 is 0 Å². The van der Waals surface area contributed by atoms with Gasteiger partial charge in [0.2, 0.25) is 15.9 Å². The van der Waals surface area contributed by atoms with Crippen LogP contribution in [0, 0.1) is 0 Å². The highest BCUT2D eigenvalue weighted by Crippen LogP contribution is 2.26. The number of nitrogens with zero attached hydrogens (tertiary/aromatic N) is 4. The maximum Gasteiger partial charge on any atom is 0.319 e. The first-order valence-corrected chi connectivity index (χ1v) is 13.7. The summed E-state index contributed by atoms with van der Waals surface area (Å²) in [4.78, 5) is 32.0. The van der Waals surface area contributed by atoms with E-state index in [0.717, 1.165) is 6.54 Å². The number of anilines is 1. The van der Waals surface area contributed by atoms with Crippen LogP contribution in [-0.4, -0.2) is 92.6 Å². The Morgan fingerprint density at radius 1 is 1.22 bits per heavy atom. The maximum atomic E-state index is 13.5. The van der Waals surface area contributed by atoms with E-state index in [9.17, 15) is 18.0 Å². The van der Waals surface area contributed by atoms with Crippen LogP contribution in [0.25, 0.3) is 0 Å². The summed E-state index contributed by atoms with van der Waals surface area (Å²) in [6.07, 6.45) is 1.66. The van der Waals surface area contributed by atoms with E-state index in [2.05, 4.69) is 20.3 Å². The van der Waals surface area contributed by atoms with Crippen LogP contribution in [-0.2, 0) is 27.7 Å². The maximum absolute atomic E-state index is 13.5. The van der Waals surface area contributed by atoms with Gasteiger partial charge < -0.3 is 25.4 Å². The minimum atomic E-state index is -3.88. The van der Waals surface area contributed by atoms with Gasteiger partial charge >= 0.3 is 11.6 Å². The van der Waals surface area contributed by atoms with Gasteiger partial charge in [0.1, 0.15) is 28.4 Å². The summed E-state index contributed by atoms with van der Waals surface area (Å²) < 4.78 is 40.2. The fourth-order valence-electron chi connectivity index (χ4n) is 4.15. The van der Waals surface area contributed by atoms with Gasteiger partial charge in [0, 0.05) is 33.3 Å². The number of carbonyl (C=O) groups excluding carboxylic acids is 2. The first-order chi connectivity index (χ1) is 17.7. The zero-order valence-corrected chi connectivity index (χ0v) is 22.6. The second kappa shape index (κ2) is 12.4. The fraction of sp³-hybridized carbons (Fsp3) is 0.565. The molecule has 2 aromatic heterocycles. The Kier molecular flexibility index (Phi) is 9.59. The third-order valence-corrected chi connectivity index (χ3v) is 8.05. The smallest absolute Gasteiger partial charge is 0.319 e. The second-order valence-corrected chi connectivity index (χ2v) is 10.4. The van der Waals surface area contributed by atoms with Gasteiger partial charge in [-0.2, -0.15) is 9.40 Å². The van der Waals surface area contributed by atoms with E-state index in [1.165, 1.54) is 28.4 Å². The van der Waals surface area contributed by atoms with E-state index in [1.54, 1.807) is 6.92 Å². The number of aryl methyl sites for hydroxylation is 1. The summed E-state index contributed by atoms with van der Waals surface area (Å²) >= 11 is 0. The zero-order chi connectivity index (χ0) is 27.2. The fourth-order valence-corrected chi connectivity index (χ4v) is 5.55. The number of primary amides is 1. The van der Waals surface area contributed by atoms with Gasteiger partial charge in [-0.15, -0.1) is 4.68 Å². The summed E-state index contributed by atoms with van der Waals surface area (Å²) in [5.74, 6) is -1.44. The molecule has 1 saturated heterocycles. The number of nitrogens with two attached hydrogens (primary N) is 1. The molecule has 0 saturated carbocycles. The van der Waals surface area contributed by atoms with Crippen molar-refractivity contribution in [2.45, 2.75) is 38.6 Å². The van der Waals surface area contributed by atoms with Crippen LogP contribution in [0.1, 0.15) is 47.3 Å². The van der Waals surface area contributed by atoms with Crippen molar-refractivity contribution in [2.24, 2.45) is 5.73 Å². The van der Waals surface area contributed by atoms with Crippen molar-refractivity contribution in [1.29, 1.82) is 0 Å². The number of pyridine rings is 1. The van der Waals surface area contributed by atoms with Crippen molar-refractivity contribution in [3.8, 4) is 5.88 Å². The van der Waals surface area contributed by atoms with Crippen LogP contribution in [0.4, 0.5) is 5.69 Å². The molecule has 3 heterocycles. The van der Waals surface area contributed by atoms with Crippen LogP contribution in [0.15, 0.2) is 17.2 Å². The number of hydrogen-bond acceptors (Lipinski definition) is 8. The van der Waals surface area contributed by atoms with Crippen molar-refractivity contribution in [3.63, 3.8) is 0 Å². The van der Waals surface area contributed by atoms with Crippen LogP contribution in [0.2, 0.25) is 0 Å². The van der Waals surface area contributed by atoms with Gasteiger partial charge in [0.25, 0.3) is 5.91 Å². The number of aromatic amines is 1. The SMILES string of the molecule is CCOc1ncc(S(=O)(=O)N2CCN(CC)CC2)cc1C(=O)Nc1c(CC)[nH][n+](CCOC)c1C(N)=O. The lowest BCUT2D eigenvalue weighted by atomic mass is 10.2. The molecule has 13 nitrogen and oxygen atoms in total. The third kappa shape index (κ3) is 6.26. The molecule has 0 radical (unpaired) electrons. The monoisotopic (exact) mass is 538 g/mol. The number of amides is 2. The van der Waals surface area contributed by atoms with E-state index in [-0.39, 0.29) is 34.3 Å². The number of sulfonamides is 1. The average molecular weight is 539 g/mol. The van der Waals surface area contributed by atoms with E-state index in [1.807, 2.05) is 13.8 Å². The van der Waals surface area contributed by atoms with Crippen LogP contribution in [0.5, 0.6) is 5.88 Å². The van der Waals surface area contributed by atoms with Gasteiger partial charge in [-0.25, -0.2) is 13.4 Å². The highest BCUT2D eigenvalue weighted by Gasteiger charge is 2.33. The number of carbonyl (C=O) groups is 2. The molecule has 0 unspecified atom stereocenters. The number of methoxy groups -OCH3 is 1. The Hall–Kier alpha value is -3.07. The highest BCUT2D eigenvalue weighted by molar-refractivity contribution is 7.89. The molecule has 1 aliphatic heterocycles. The largest absolute Gasteiger partial charge is 0.477 e. The Morgan fingerprint density at radius 2 is 1.92 bits per heavy atom. The number of nitrogens with one attached hydrogen (secondary N) is 2. The summed E-state index contributed by atoms with van der Waals surface area (Å²) in [5.41, 5.74) is 6.42. The first kappa shape index (κ1) is 28.5. The molecule has 1 fully saturated rings. The minimum Gasteiger partial charge on any atom is -0.477 e. The van der Waals surface area contributed by atoms with Crippen molar-refractivity contribution in [2.75, 3.05) is 58.4 Å². The van der Waals surface area contributed by atoms with Gasteiger partial charge in [0.15, 0.2) is 6.54 Å². The molecule has 204 valence electrons. The predicted octanol–water partition coefficient (Wildman–Crippen LogP) is -0.0179. The number of piperazine rings is 1. The van der Waals surface area contributed by atoms with Crippen molar-refractivity contribution in [1.82, 2.24) is 19.3 Å². The van der Waals surface area contributed by atoms with Gasteiger partial charge in [-0.05, 0) is 26.0 Å². The minimum absolute atomic E-state index is 0.0174. The Balaban J connectivity index is 1.98. The quantitative estimate of drug-likeness (QED) is 0.318. The van der Waals surface area contributed by atoms with Crippen molar-refractivity contribution < 1.29 is 32.2 Å². The molecule has 0 spiro atoms. The summed E-state index contributed by atoms with van der Waals surface area (Å²) in [5, 5.41) is 5.79. The van der Waals surface area contributed by atoms with Gasteiger partial charge in [-0.1, -0.05) is 13.8 Å². The average Bonchev–Trinajstić information content (AvgIpc) is 3.24.